The second kappa shape index (κ2) is 31.7. The molecule has 0 aromatic rings. The highest BCUT2D eigenvalue weighted by molar-refractivity contribution is 5.96. The lowest BCUT2D eigenvalue weighted by molar-refractivity contribution is -0.396. The van der Waals surface area contributed by atoms with Crippen LogP contribution in [0, 0.1) is 28.6 Å². The number of hydrogen-bond donors (Lipinski definition) is 2. The Bertz CT molecular complexity index is 2810. The van der Waals surface area contributed by atoms with Crippen LogP contribution in [0.5, 0.6) is 0 Å². The number of Topliss-reactive ketones (excluding diaryl/α,β-unsaturated/α-hetero) is 1. The Balaban J connectivity index is 0.598. The lowest BCUT2D eigenvalue weighted by atomic mass is 9.46. The molecule has 35 atom stereocenters. The molecule has 7 saturated heterocycles. The normalized spacial score (nSPS) is 50.3. The summed E-state index contributed by atoms with van der Waals surface area (Å²) in [4.78, 5) is 25.2. The summed E-state index contributed by atoms with van der Waals surface area (Å²) in [5, 5.41) is 23.8. The summed E-state index contributed by atoms with van der Waals surface area (Å²) in [6.45, 7) is 21.2. The van der Waals surface area contributed by atoms with Gasteiger partial charge < -0.3 is 119 Å². The summed E-state index contributed by atoms with van der Waals surface area (Å²) < 4.78 is 145. The summed E-state index contributed by atoms with van der Waals surface area (Å²) in [6.07, 6.45) is -4.38. The standard InChI is InChI=1S/C73H116O27/c1-35-26-49(78-12)60(76)68(87-35)95-45-20-23-70(10)44(27-45)18-19-46-47(70)21-24-71(11)48(46)22-25-73(71,77)42(8)93-55-31-53-61(37(3)88-55)84-33-72(86-34-85-53)32-54(82-16)65(41(7)100-72)98-58-29-51(80-14)63(39(5)90-58)96-56-28-50(79-13)62(38(4)89-56)97-57-30-52(81-15)64(40(6)91-57)99-69-67(94-43(9)74)66(83-17)59(75)36(2)92-69/h18,26,35-42,45-48,50-59,61-69,75,77H,19-25,27-34H2,1-17H3. The predicted molar refractivity (Wildman–Crippen MR) is 350 cm³/mol. The van der Waals surface area contributed by atoms with Crippen molar-refractivity contribution >= 4 is 11.8 Å². The van der Waals surface area contributed by atoms with Gasteiger partial charge in [-0.25, -0.2) is 0 Å². The number of fused-ring (bicyclic) bond motifs is 6. The fourth-order valence-corrected chi connectivity index (χ4v) is 19.6. The molecule has 0 aromatic carbocycles. The van der Waals surface area contributed by atoms with Gasteiger partial charge in [-0.15, -0.1) is 0 Å². The van der Waals surface area contributed by atoms with E-state index in [-0.39, 0.29) is 55.1 Å². The molecule has 0 aromatic heterocycles. The Morgan fingerprint density at radius 1 is 0.620 bits per heavy atom. The van der Waals surface area contributed by atoms with Gasteiger partial charge in [0.2, 0.25) is 6.29 Å². The van der Waals surface area contributed by atoms with E-state index >= 15 is 0 Å². The van der Waals surface area contributed by atoms with Gasteiger partial charge in [-0.3, -0.25) is 9.59 Å². The van der Waals surface area contributed by atoms with Crippen molar-refractivity contribution in [3.05, 3.63) is 23.5 Å². The molecule has 4 aliphatic carbocycles. The van der Waals surface area contributed by atoms with Crippen LogP contribution in [-0.2, 0) is 119 Å². The van der Waals surface area contributed by atoms with Crippen LogP contribution in [0.1, 0.15) is 160 Å². The van der Waals surface area contributed by atoms with E-state index in [0.717, 1.165) is 44.9 Å². The van der Waals surface area contributed by atoms with Gasteiger partial charge in [-0.05, 0) is 136 Å². The van der Waals surface area contributed by atoms with Crippen molar-refractivity contribution < 1.29 is 129 Å². The molecule has 570 valence electrons. The second-order valence-electron chi connectivity index (χ2n) is 30.9. The van der Waals surface area contributed by atoms with E-state index in [1.165, 1.54) is 26.7 Å². The van der Waals surface area contributed by atoms with E-state index in [1.54, 1.807) is 41.4 Å². The predicted octanol–water partition coefficient (Wildman–Crippen LogP) is 6.77. The fraction of sp³-hybridized carbons (Fsp3) is 0.918. The molecule has 8 heterocycles. The number of rotatable bonds is 20. The number of aliphatic hydroxyl groups is 2. The average molecular weight is 1430 g/mol. The molecule has 0 bridgehead atoms. The first-order chi connectivity index (χ1) is 47.7. The van der Waals surface area contributed by atoms with Crippen LogP contribution in [0.3, 0.4) is 0 Å². The SMILES string of the molecule is COC1=CC(C)OC(OC2CCC3(C)C(=CCC4C3CCC3(C)C4CCC3(O)C(C)OC3CC4OCOC5(COC4C(C)O3)CC(OC)C(OC3CC(OC)C(OC4CC(OC)C(OC6CC(OC)C(OC7OC(C)C(O)C(OC)C7OC(C)=O)C(C)O6)C(C)O4)C(C)O3)C(C)O5)C2)C1=O. The molecule has 1 spiro atoms. The Morgan fingerprint density at radius 2 is 1.21 bits per heavy atom. The number of hydrogen-bond acceptors (Lipinski definition) is 27. The van der Waals surface area contributed by atoms with Gasteiger partial charge in [-0.2, -0.15) is 0 Å². The molecular weight excluding hydrogens is 1310 g/mol. The Hall–Kier alpha value is -2.50. The maximum atomic E-state index is 13.1. The molecule has 0 radical (unpaired) electrons. The number of ketones is 1. The second-order valence-corrected chi connectivity index (χ2v) is 30.9. The molecule has 27 nitrogen and oxygen atoms in total. The first-order valence-corrected chi connectivity index (χ1v) is 36.8. The monoisotopic (exact) mass is 1420 g/mol. The number of carbonyl (C=O) groups excluding carboxylic acids is 2. The van der Waals surface area contributed by atoms with Crippen molar-refractivity contribution in [2.45, 2.75) is 343 Å². The van der Waals surface area contributed by atoms with E-state index in [2.05, 4.69) is 19.9 Å². The molecule has 35 unspecified atom stereocenters. The first-order valence-electron chi connectivity index (χ1n) is 36.8. The van der Waals surface area contributed by atoms with Gasteiger partial charge >= 0.3 is 5.97 Å². The lowest BCUT2D eigenvalue weighted by Gasteiger charge is -2.59. The third-order valence-corrected chi connectivity index (χ3v) is 25.1. The number of ether oxygens (including phenoxy) is 23. The van der Waals surface area contributed by atoms with Gasteiger partial charge in [0, 0.05) is 80.0 Å². The van der Waals surface area contributed by atoms with Gasteiger partial charge in [-0.1, -0.05) is 25.5 Å². The van der Waals surface area contributed by atoms with Crippen LogP contribution < -0.4 is 0 Å². The molecule has 27 heteroatoms. The van der Waals surface area contributed by atoms with Crippen molar-refractivity contribution in [1.82, 2.24) is 0 Å². The van der Waals surface area contributed by atoms with Crippen molar-refractivity contribution in [1.29, 1.82) is 0 Å². The highest BCUT2D eigenvalue weighted by Crippen LogP contribution is 2.68. The van der Waals surface area contributed by atoms with E-state index in [9.17, 15) is 19.8 Å². The quantitative estimate of drug-likeness (QED) is 0.0939. The largest absolute Gasteiger partial charge is 0.493 e. The van der Waals surface area contributed by atoms with Gasteiger partial charge in [0.25, 0.3) is 5.78 Å². The molecular formula is C73H116O27. The molecule has 100 heavy (non-hydrogen) atoms. The third-order valence-electron chi connectivity index (χ3n) is 25.1. The molecule has 0 amide bonds. The summed E-state index contributed by atoms with van der Waals surface area (Å²) in [6, 6.07) is 0. The minimum atomic E-state index is -1.23. The van der Waals surface area contributed by atoms with Crippen LogP contribution in [0.25, 0.3) is 0 Å². The van der Waals surface area contributed by atoms with E-state index in [0.29, 0.717) is 49.2 Å². The van der Waals surface area contributed by atoms with Crippen molar-refractivity contribution in [3.63, 3.8) is 0 Å². The van der Waals surface area contributed by atoms with Crippen LogP contribution in [-0.4, -0.2) is 261 Å². The van der Waals surface area contributed by atoms with Crippen molar-refractivity contribution in [3.8, 4) is 0 Å². The minimum Gasteiger partial charge on any atom is -0.493 e. The van der Waals surface area contributed by atoms with Crippen LogP contribution in [0.4, 0.5) is 0 Å². The van der Waals surface area contributed by atoms with E-state index < -0.39 is 177 Å². The smallest absolute Gasteiger partial charge is 0.303 e. The van der Waals surface area contributed by atoms with Gasteiger partial charge in [0.05, 0.1) is 98.2 Å². The maximum absolute atomic E-state index is 13.1. The average Bonchev–Trinajstić information content (AvgIpc) is 1.46. The highest BCUT2D eigenvalue weighted by Gasteiger charge is 2.66. The first kappa shape index (κ1) is 77.1. The molecule has 3 saturated carbocycles. The van der Waals surface area contributed by atoms with E-state index in [1.807, 2.05) is 48.5 Å². The number of allylic oxidation sites excluding steroid dienone is 1. The Kier molecular flexibility index (Phi) is 24.5. The maximum Gasteiger partial charge on any atom is 0.303 e. The minimum absolute atomic E-state index is 0.0203. The number of carbonyl (C=O) groups is 2. The molecule has 2 N–H and O–H groups in total. The van der Waals surface area contributed by atoms with Crippen molar-refractivity contribution in [2.75, 3.05) is 56.1 Å². The zero-order valence-electron chi connectivity index (χ0n) is 61.8. The zero-order valence-corrected chi connectivity index (χ0v) is 61.8. The van der Waals surface area contributed by atoms with Gasteiger partial charge in [0.15, 0.2) is 55.9 Å². The number of methoxy groups -OCH3 is 6. The zero-order chi connectivity index (χ0) is 71.5. The third kappa shape index (κ3) is 15.2. The number of aliphatic hydroxyl groups excluding tert-OH is 1. The highest BCUT2D eigenvalue weighted by atomic mass is 16.8. The summed E-state index contributed by atoms with van der Waals surface area (Å²) in [5.41, 5.74) is 0.0208. The van der Waals surface area contributed by atoms with Crippen LogP contribution in [0.2, 0.25) is 0 Å². The van der Waals surface area contributed by atoms with Gasteiger partial charge in [0.1, 0.15) is 49.3 Å². The van der Waals surface area contributed by atoms with Crippen molar-refractivity contribution in [2.24, 2.45) is 28.6 Å². The molecule has 10 fully saturated rings. The molecule has 8 aliphatic heterocycles. The Labute approximate surface area is 589 Å². The molecule has 12 rings (SSSR count). The summed E-state index contributed by atoms with van der Waals surface area (Å²) in [7, 11) is 9.42. The van der Waals surface area contributed by atoms with E-state index in [4.69, 9.17) is 109 Å². The lowest BCUT2D eigenvalue weighted by Crippen LogP contribution is -2.62. The summed E-state index contributed by atoms with van der Waals surface area (Å²) >= 11 is 0. The Morgan fingerprint density at radius 3 is 1.80 bits per heavy atom. The topological polar surface area (TPSA) is 287 Å². The molecule has 12 aliphatic rings. The van der Waals surface area contributed by atoms with Crippen LogP contribution >= 0.6 is 0 Å². The fourth-order valence-electron chi connectivity index (χ4n) is 19.6. The van der Waals surface area contributed by atoms with Crippen LogP contribution in [0.15, 0.2) is 23.5 Å². The summed E-state index contributed by atoms with van der Waals surface area (Å²) in [5.74, 6) is -0.530. The number of esters is 1.